The highest BCUT2D eigenvalue weighted by Gasteiger charge is 2.51. The van der Waals surface area contributed by atoms with E-state index in [9.17, 15) is 9.59 Å². The summed E-state index contributed by atoms with van der Waals surface area (Å²) >= 11 is 8.76. The zero-order valence-corrected chi connectivity index (χ0v) is 19.6. The smallest absolute Gasteiger partial charge is 0.256 e. The lowest BCUT2D eigenvalue weighted by Crippen LogP contribution is -2.67. The van der Waals surface area contributed by atoms with E-state index in [0.717, 1.165) is 15.6 Å². The van der Waals surface area contributed by atoms with Crippen LogP contribution in [0.4, 0.5) is 0 Å². The number of thiophene rings is 1. The summed E-state index contributed by atoms with van der Waals surface area (Å²) in [7, 11) is 0. The Balaban J connectivity index is 1.56. The van der Waals surface area contributed by atoms with Crippen molar-refractivity contribution in [2.45, 2.75) is 25.4 Å². The van der Waals surface area contributed by atoms with Crippen molar-refractivity contribution in [2.24, 2.45) is 5.14 Å². The molecule has 8 heteroatoms. The Hall–Kier alpha value is -2.06. The van der Waals surface area contributed by atoms with Gasteiger partial charge in [0.15, 0.2) is 0 Å². The fraction of sp³-hybridized carbons (Fsp3) is 0.304. The Morgan fingerprint density at radius 2 is 1.97 bits per heavy atom. The first-order valence-electron chi connectivity index (χ1n) is 10.1. The van der Waals surface area contributed by atoms with Gasteiger partial charge in [0.1, 0.15) is 5.54 Å². The second-order valence-corrected chi connectivity index (χ2v) is 9.94. The number of likely N-dealkylation sites (tertiary alicyclic amines) is 1. The fourth-order valence-electron chi connectivity index (χ4n) is 3.96. The van der Waals surface area contributed by atoms with Gasteiger partial charge in [0, 0.05) is 45.9 Å². The normalized spacial score (nSPS) is 18.1. The van der Waals surface area contributed by atoms with Crippen LogP contribution < -0.4 is 5.14 Å². The van der Waals surface area contributed by atoms with Gasteiger partial charge in [-0.25, -0.2) is 0 Å². The largest absolute Gasteiger partial charge is 0.335 e. The second kappa shape index (κ2) is 9.20. The van der Waals surface area contributed by atoms with E-state index in [-0.39, 0.29) is 11.8 Å². The highest BCUT2D eigenvalue weighted by atomic mass is 35.5. The van der Waals surface area contributed by atoms with Crippen molar-refractivity contribution in [3.8, 4) is 0 Å². The zero-order valence-electron chi connectivity index (χ0n) is 17.2. The van der Waals surface area contributed by atoms with Crippen molar-refractivity contribution >= 4 is 56.8 Å². The lowest BCUT2D eigenvalue weighted by molar-refractivity contribution is -0.149. The van der Waals surface area contributed by atoms with E-state index in [2.05, 4.69) is 0 Å². The molecule has 1 fully saturated rings. The lowest BCUT2D eigenvalue weighted by Gasteiger charge is -2.51. The van der Waals surface area contributed by atoms with Crippen LogP contribution in [0.2, 0.25) is 5.02 Å². The van der Waals surface area contributed by atoms with Gasteiger partial charge in [0.05, 0.1) is 5.56 Å². The summed E-state index contributed by atoms with van der Waals surface area (Å²) in [5.74, 6) is 0.494. The van der Waals surface area contributed by atoms with Gasteiger partial charge in [0.2, 0.25) is 5.91 Å². The van der Waals surface area contributed by atoms with Crippen LogP contribution in [0.25, 0.3) is 10.1 Å². The molecule has 1 unspecified atom stereocenters. The van der Waals surface area contributed by atoms with Crippen LogP contribution in [0.3, 0.4) is 0 Å². The van der Waals surface area contributed by atoms with E-state index >= 15 is 0 Å². The first-order valence-corrected chi connectivity index (χ1v) is 12.4. The van der Waals surface area contributed by atoms with Crippen LogP contribution in [-0.4, -0.2) is 46.0 Å². The van der Waals surface area contributed by atoms with Crippen molar-refractivity contribution in [1.82, 2.24) is 9.80 Å². The highest BCUT2D eigenvalue weighted by Crippen LogP contribution is 2.36. The number of hydrogen-bond acceptors (Lipinski definition) is 5. The minimum atomic E-state index is -0.855. The maximum Gasteiger partial charge on any atom is 0.256 e. The molecular formula is C23H24ClN3O2S2. The number of hydrogen-bond donors (Lipinski definition) is 1. The second-order valence-electron chi connectivity index (χ2n) is 7.85. The number of carbonyl (C=O) groups excluding carboxylic acids is 2. The third-order valence-electron chi connectivity index (χ3n) is 5.89. The average Bonchev–Trinajstić information content (AvgIpc) is 3.20. The summed E-state index contributed by atoms with van der Waals surface area (Å²) < 4.78 is 1.07. The van der Waals surface area contributed by atoms with E-state index in [0.29, 0.717) is 42.4 Å². The predicted octanol–water partition coefficient (Wildman–Crippen LogP) is 4.80. The van der Waals surface area contributed by atoms with E-state index < -0.39 is 5.54 Å². The van der Waals surface area contributed by atoms with Gasteiger partial charge in [-0.2, -0.15) is 0 Å². The van der Waals surface area contributed by atoms with Gasteiger partial charge < -0.3 is 9.80 Å². The molecule has 0 bridgehead atoms. The third kappa shape index (κ3) is 4.32. The third-order valence-corrected chi connectivity index (χ3v) is 7.52. The molecule has 1 aromatic heterocycles. The molecule has 162 valence electrons. The molecule has 2 amide bonds. The molecule has 0 radical (unpaired) electrons. The van der Waals surface area contributed by atoms with Crippen molar-refractivity contribution < 1.29 is 9.59 Å². The van der Waals surface area contributed by atoms with Gasteiger partial charge in [-0.3, -0.25) is 14.7 Å². The molecule has 1 atom stereocenters. The predicted molar refractivity (Wildman–Crippen MR) is 129 cm³/mol. The van der Waals surface area contributed by atoms with E-state index in [1.165, 1.54) is 11.9 Å². The molecule has 2 aromatic carbocycles. The quantitative estimate of drug-likeness (QED) is 0.501. The molecule has 0 saturated carbocycles. The van der Waals surface area contributed by atoms with E-state index in [1.807, 2.05) is 60.8 Å². The van der Waals surface area contributed by atoms with Gasteiger partial charge >= 0.3 is 0 Å². The summed E-state index contributed by atoms with van der Waals surface area (Å²) in [5.41, 5.74) is 0.803. The Kier molecular flexibility index (Phi) is 6.57. The van der Waals surface area contributed by atoms with Crippen molar-refractivity contribution in [2.75, 3.05) is 18.8 Å². The first kappa shape index (κ1) is 22.1. The number of halogens is 1. The molecule has 3 aromatic rings. The summed E-state index contributed by atoms with van der Waals surface area (Å²) in [4.78, 5) is 30.5. The molecule has 0 spiro atoms. The standard InChI is InChI=1S/C23H24ClN3O2S2/c1-23(22(29)26(12-13-31-25)14-16-6-8-17(24)9-7-16)10-11-27(23)21(28)19-15-30-20-5-3-2-4-18(19)20/h2-9,15H,10-14,25H2,1H3. The number of amides is 2. The number of nitrogens with two attached hydrogens (primary N) is 1. The summed E-state index contributed by atoms with van der Waals surface area (Å²) in [5, 5.41) is 9.13. The Morgan fingerprint density at radius 3 is 2.65 bits per heavy atom. The van der Waals surface area contributed by atoms with E-state index in [1.54, 1.807) is 21.1 Å². The van der Waals surface area contributed by atoms with Gasteiger partial charge in [-0.1, -0.05) is 53.9 Å². The monoisotopic (exact) mass is 473 g/mol. The first-order chi connectivity index (χ1) is 14.9. The molecule has 0 aliphatic carbocycles. The molecular weight excluding hydrogens is 450 g/mol. The minimum absolute atomic E-state index is 0.0457. The molecule has 1 aliphatic heterocycles. The Labute approximate surface area is 195 Å². The minimum Gasteiger partial charge on any atom is -0.335 e. The Bertz CT molecular complexity index is 1100. The number of rotatable bonds is 7. The number of carbonyl (C=O) groups is 2. The molecule has 2 heterocycles. The highest BCUT2D eigenvalue weighted by molar-refractivity contribution is 7.97. The van der Waals surface area contributed by atoms with E-state index in [4.69, 9.17) is 16.7 Å². The average molecular weight is 474 g/mol. The van der Waals surface area contributed by atoms with Crippen LogP contribution in [-0.2, 0) is 11.3 Å². The van der Waals surface area contributed by atoms with Crippen LogP contribution in [0.15, 0.2) is 53.9 Å². The fourth-order valence-corrected chi connectivity index (χ4v) is 5.35. The molecule has 1 saturated heterocycles. The van der Waals surface area contributed by atoms with Crippen LogP contribution in [0.1, 0.15) is 29.3 Å². The molecule has 1 aliphatic rings. The zero-order chi connectivity index (χ0) is 22.0. The van der Waals surface area contributed by atoms with Crippen molar-refractivity contribution in [3.63, 3.8) is 0 Å². The van der Waals surface area contributed by atoms with Crippen LogP contribution in [0, 0.1) is 0 Å². The summed E-state index contributed by atoms with van der Waals surface area (Å²) in [6.45, 7) is 3.42. The van der Waals surface area contributed by atoms with Crippen molar-refractivity contribution in [3.05, 3.63) is 70.1 Å². The molecule has 4 rings (SSSR count). The summed E-state index contributed by atoms with van der Waals surface area (Å²) in [6.07, 6.45) is 0.645. The summed E-state index contributed by atoms with van der Waals surface area (Å²) in [6, 6.07) is 15.3. The van der Waals surface area contributed by atoms with Gasteiger partial charge in [-0.15, -0.1) is 11.3 Å². The number of benzene rings is 2. The topological polar surface area (TPSA) is 66.6 Å². The SMILES string of the molecule is CC1(C(=O)N(CCSN)Cc2ccc(Cl)cc2)CCN1C(=O)c1csc2ccccc12. The maximum absolute atomic E-state index is 13.6. The molecule has 2 N–H and O–H groups in total. The number of nitrogens with zero attached hydrogens (tertiary/aromatic N) is 2. The van der Waals surface area contributed by atoms with Gasteiger partial charge in [0.25, 0.3) is 5.91 Å². The van der Waals surface area contributed by atoms with Crippen LogP contribution in [0.5, 0.6) is 0 Å². The maximum atomic E-state index is 13.6. The Morgan fingerprint density at radius 1 is 1.23 bits per heavy atom. The van der Waals surface area contributed by atoms with Gasteiger partial charge in [-0.05, 0) is 37.1 Å². The van der Waals surface area contributed by atoms with Crippen LogP contribution >= 0.6 is 34.9 Å². The number of fused-ring (bicyclic) bond motifs is 1. The lowest BCUT2D eigenvalue weighted by atomic mass is 9.84. The molecule has 5 nitrogen and oxygen atoms in total. The molecule has 31 heavy (non-hydrogen) atoms. The van der Waals surface area contributed by atoms with Crippen molar-refractivity contribution in [1.29, 1.82) is 0 Å².